The summed E-state index contributed by atoms with van der Waals surface area (Å²) >= 11 is 0. The Labute approximate surface area is 102 Å². The minimum atomic E-state index is -0.244. The molecule has 1 aromatic rings. The first kappa shape index (κ1) is 11.8. The lowest BCUT2D eigenvalue weighted by Gasteiger charge is -2.36. The van der Waals surface area contributed by atoms with Crippen LogP contribution in [-0.2, 0) is 4.79 Å². The lowest BCUT2D eigenvalue weighted by Crippen LogP contribution is -2.48. The van der Waals surface area contributed by atoms with E-state index in [1.807, 2.05) is 25.1 Å². The second-order valence-corrected chi connectivity index (χ2v) is 4.65. The molecule has 0 aliphatic carbocycles. The molecule has 17 heavy (non-hydrogen) atoms. The molecule has 1 atom stereocenters. The molecule has 4 heteroatoms. The number of amides is 1. The van der Waals surface area contributed by atoms with Crippen molar-refractivity contribution in [3.63, 3.8) is 0 Å². The SMILES string of the molecule is Cc1ccc(N)cc1N1CCCCC1C(N)=O. The van der Waals surface area contributed by atoms with Crippen molar-refractivity contribution in [2.45, 2.75) is 32.2 Å². The molecule has 0 bridgehead atoms. The van der Waals surface area contributed by atoms with Gasteiger partial charge in [0, 0.05) is 17.9 Å². The quantitative estimate of drug-likeness (QED) is 0.759. The molecule has 1 saturated heterocycles. The fourth-order valence-corrected chi connectivity index (χ4v) is 2.45. The number of anilines is 2. The van der Waals surface area contributed by atoms with E-state index < -0.39 is 0 Å². The average molecular weight is 233 g/mol. The number of nitrogens with two attached hydrogens (primary N) is 2. The number of nitrogen functional groups attached to an aromatic ring is 1. The number of carbonyl (C=O) groups excluding carboxylic acids is 1. The maximum Gasteiger partial charge on any atom is 0.240 e. The van der Waals surface area contributed by atoms with E-state index in [-0.39, 0.29) is 11.9 Å². The van der Waals surface area contributed by atoms with E-state index >= 15 is 0 Å². The second-order valence-electron chi connectivity index (χ2n) is 4.65. The van der Waals surface area contributed by atoms with Gasteiger partial charge >= 0.3 is 0 Å². The molecule has 1 heterocycles. The van der Waals surface area contributed by atoms with Crippen LogP contribution in [0.3, 0.4) is 0 Å². The summed E-state index contributed by atoms with van der Waals surface area (Å²) in [6.07, 6.45) is 2.99. The molecule has 1 aliphatic rings. The number of carbonyl (C=O) groups is 1. The molecule has 1 aliphatic heterocycles. The fourth-order valence-electron chi connectivity index (χ4n) is 2.45. The number of piperidine rings is 1. The van der Waals surface area contributed by atoms with Crippen molar-refractivity contribution in [1.29, 1.82) is 0 Å². The molecular weight excluding hydrogens is 214 g/mol. The molecule has 2 rings (SSSR count). The number of primary amides is 1. The Bertz CT molecular complexity index is 431. The van der Waals surface area contributed by atoms with Gasteiger partial charge in [-0.15, -0.1) is 0 Å². The predicted octanol–water partition coefficient (Wildman–Crippen LogP) is 1.42. The van der Waals surface area contributed by atoms with E-state index in [1.54, 1.807) is 0 Å². The third-order valence-corrected chi connectivity index (χ3v) is 3.37. The fraction of sp³-hybridized carbons (Fsp3) is 0.462. The summed E-state index contributed by atoms with van der Waals surface area (Å²) < 4.78 is 0. The smallest absolute Gasteiger partial charge is 0.240 e. The van der Waals surface area contributed by atoms with Crippen molar-refractivity contribution in [3.8, 4) is 0 Å². The van der Waals surface area contributed by atoms with Crippen LogP contribution in [0.2, 0.25) is 0 Å². The molecule has 0 spiro atoms. The first-order chi connectivity index (χ1) is 8.09. The number of nitrogens with zero attached hydrogens (tertiary/aromatic N) is 1. The molecule has 0 saturated carbocycles. The second kappa shape index (κ2) is 4.65. The van der Waals surface area contributed by atoms with Crippen LogP contribution in [0.15, 0.2) is 18.2 Å². The molecule has 4 nitrogen and oxygen atoms in total. The van der Waals surface area contributed by atoms with Gasteiger partial charge in [-0.05, 0) is 43.9 Å². The van der Waals surface area contributed by atoms with Crippen LogP contribution in [0.4, 0.5) is 11.4 Å². The maximum absolute atomic E-state index is 11.5. The van der Waals surface area contributed by atoms with Gasteiger partial charge in [0.25, 0.3) is 0 Å². The number of benzene rings is 1. The van der Waals surface area contributed by atoms with Gasteiger partial charge in [0.1, 0.15) is 6.04 Å². The summed E-state index contributed by atoms with van der Waals surface area (Å²) in [6.45, 7) is 2.90. The van der Waals surface area contributed by atoms with Crippen molar-refractivity contribution < 1.29 is 4.79 Å². The van der Waals surface area contributed by atoms with Gasteiger partial charge in [0.05, 0.1) is 0 Å². The number of aryl methyl sites for hydroxylation is 1. The summed E-state index contributed by atoms with van der Waals surface area (Å²) in [5, 5.41) is 0. The molecule has 1 fully saturated rings. The van der Waals surface area contributed by atoms with E-state index in [4.69, 9.17) is 11.5 Å². The van der Waals surface area contributed by atoms with Crippen LogP contribution in [0.5, 0.6) is 0 Å². The van der Waals surface area contributed by atoms with Crippen LogP contribution in [-0.4, -0.2) is 18.5 Å². The zero-order valence-electron chi connectivity index (χ0n) is 10.1. The highest BCUT2D eigenvalue weighted by atomic mass is 16.1. The summed E-state index contributed by atoms with van der Waals surface area (Å²) in [5.74, 6) is -0.244. The monoisotopic (exact) mass is 233 g/mol. The highest BCUT2D eigenvalue weighted by molar-refractivity contribution is 5.84. The Kier molecular flexibility index (Phi) is 3.22. The largest absolute Gasteiger partial charge is 0.399 e. The van der Waals surface area contributed by atoms with Crippen LogP contribution < -0.4 is 16.4 Å². The van der Waals surface area contributed by atoms with Crippen LogP contribution in [0.1, 0.15) is 24.8 Å². The first-order valence-electron chi connectivity index (χ1n) is 6.01. The van der Waals surface area contributed by atoms with Gasteiger partial charge in [-0.25, -0.2) is 0 Å². The van der Waals surface area contributed by atoms with Crippen molar-refractivity contribution in [1.82, 2.24) is 0 Å². The molecule has 1 amide bonds. The Hall–Kier alpha value is -1.71. The van der Waals surface area contributed by atoms with E-state index in [0.717, 1.165) is 42.7 Å². The molecule has 0 radical (unpaired) electrons. The van der Waals surface area contributed by atoms with Crippen LogP contribution >= 0.6 is 0 Å². The zero-order valence-corrected chi connectivity index (χ0v) is 10.1. The van der Waals surface area contributed by atoms with Gasteiger partial charge in [0.2, 0.25) is 5.91 Å². The first-order valence-corrected chi connectivity index (χ1v) is 6.01. The summed E-state index contributed by atoms with van der Waals surface area (Å²) in [4.78, 5) is 13.6. The van der Waals surface area contributed by atoms with Gasteiger partial charge in [0.15, 0.2) is 0 Å². The molecule has 1 unspecified atom stereocenters. The lowest BCUT2D eigenvalue weighted by atomic mass is 9.99. The molecule has 4 N–H and O–H groups in total. The predicted molar refractivity (Wildman–Crippen MR) is 69.8 cm³/mol. The summed E-state index contributed by atoms with van der Waals surface area (Å²) in [7, 11) is 0. The minimum Gasteiger partial charge on any atom is -0.399 e. The zero-order chi connectivity index (χ0) is 12.4. The number of hydrogen-bond donors (Lipinski definition) is 2. The van der Waals surface area contributed by atoms with Gasteiger partial charge < -0.3 is 16.4 Å². The Balaban J connectivity index is 2.35. The Morgan fingerprint density at radius 2 is 2.18 bits per heavy atom. The summed E-state index contributed by atoms with van der Waals surface area (Å²) in [5.41, 5.74) is 14.2. The number of rotatable bonds is 2. The Morgan fingerprint density at radius 1 is 1.41 bits per heavy atom. The number of hydrogen-bond acceptors (Lipinski definition) is 3. The van der Waals surface area contributed by atoms with Crippen molar-refractivity contribution in [3.05, 3.63) is 23.8 Å². The van der Waals surface area contributed by atoms with Crippen molar-refractivity contribution in [2.24, 2.45) is 5.73 Å². The van der Waals surface area contributed by atoms with E-state index in [2.05, 4.69) is 4.90 Å². The van der Waals surface area contributed by atoms with E-state index in [0.29, 0.717) is 0 Å². The third-order valence-electron chi connectivity index (χ3n) is 3.37. The van der Waals surface area contributed by atoms with Gasteiger partial charge in [-0.3, -0.25) is 4.79 Å². The standard InChI is InChI=1S/C13H19N3O/c1-9-5-6-10(14)8-12(9)16-7-3-2-4-11(16)13(15)17/h5-6,8,11H,2-4,7,14H2,1H3,(H2,15,17). The summed E-state index contributed by atoms with van der Waals surface area (Å²) in [6, 6.07) is 5.60. The van der Waals surface area contributed by atoms with E-state index in [9.17, 15) is 4.79 Å². The molecule has 92 valence electrons. The molecule has 1 aromatic carbocycles. The normalized spacial score (nSPS) is 20.3. The highest BCUT2D eigenvalue weighted by Crippen LogP contribution is 2.29. The topological polar surface area (TPSA) is 72.3 Å². The lowest BCUT2D eigenvalue weighted by molar-refractivity contribution is -0.119. The minimum absolute atomic E-state index is 0.191. The Morgan fingerprint density at radius 3 is 2.88 bits per heavy atom. The van der Waals surface area contributed by atoms with Crippen molar-refractivity contribution >= 4 is 17.3 Å². The van der Waals surface area contributed by atoms with Gasteiger partial charge in [-0.1, -0.05) is 6.07 Å². The molecular formula is C13H19N3O. The highest BCUT2D eigenvalue weighted by Gasteiger charge is 2.27. The van der Waals surface area contributed by atoms with Crippen LogP contribution in [0.25, 0.3) is 0 Å². The van der Waals surface area contributed by atoms with Gasteiger partial charge in [-0.2, -0.15) is 0 Å². The molecule has 0 aromatic heterocycles. The van der Waals surface area contributed by atoms with Crippen molar-refractivity contribution in [2.75, 3.05) is 17.2 Å². The maximum atomic E-state index is 11.5. The third kappa shape index (κ3) is 2.35. The van der Waals surface area contributed by atoms with Crippen LogP contribution in [0, 0.1) is 6.92 Å². The van der Waals surface area contributed by atoms with E-state index in [1.165, 1.54) is 0 Å². The average Bonchev–Trinajstić information content (AvgIpc) is 2.32.